The van der Waals surface area contributed by atoms with E-state index in [1.165, 1.54) is 0 Å². The average molecular weight is 259 g/mol. The van der Waals surface area contributed by atoms with Crippen LogP contribution in [0.15, 0.2) is 24.4 Å². The molecule has 0 fully saturated rings. The highest BCUT2D eigenvalue weighted by atomic mass is 16.4. The quantitative estimate of drug-likeness (QED) is 0.829. The SMILES string of the molecule is Cc1ccc2c(C(=O)C(C)C(C)C(=O)O)c[nH]c2c1. The van der Waals surface area contributed by atoms with Crippen LogP contribution in [0.25, 0.3) is 10.9 Å². The molecule has 4 heteroatoms. The van der Waals surface area contributed by atoms with Crippen molar-refractivity contribution in [2.75, 3.05) is 0 Å². The Morgan fingerprint density at radius 2 is 1.89 bits per heavy atom. The van der Waals surface area contributed by atoms with Crippen LogP contribution in [0.4, 0.5) is 0 Å². The van der Waals surface area contributed by atoms with Gasteiger partial charge in [-0.25, -0.2) is 0 Å². The number of ketones is 1. The van der Waals surface area contributed by atoms with Crippen molar-refractivity contribution in [3.8, 4) is 0 Å². The highest BCUT2D eigenvalue weighted by Crippen LogP contribution is 2.24. The molecule has 2 aromatic rings. The summed E-state index contributed by atoms with van der Waals surface area (Å²) >= 11 is 0. The summed E-state index contributed by atoms with van der Waals surface area (Å²) in [7, 11) is 0. The first-order valence-corrected chi connectivity index (χ1v) is 6.26. The molecule has 0 aliphatic rings. The van der Waals surface area contributed by atoms with E-state index < -0.39 is 17.8 Å². The van der Waals surface area contributed by atoms with Crippen molar-refractivity contribution < 1.29 is 14.7 Å². The molecule has 0 aliphatic carbocycles. The highest BCUT2D eigenvalue weighted by molar-refractivity contribution is 6.09. The third-order valence-corrected chi connectivity index (χ3v) is 3.66. The number of Topliss-reactive ketones (excluding diaryl/α,β-unsaturated/α-hetero) is 1. The Kier molecular flexibility index (Phi) is 3.42. The van der Waals surface area contributed by atoms with Gasteiger partial charge in [-0.15, -0.1) is 0 Å². The molecule has 2 rings (SSSR count). The first-order valence-electron chi connectivity index (χ1n) is 6.26. The zero-order valence-electron chi connectivity index (χ0n) is 11.2. The van der Waals surface area contributed by atoms with E-state index in [9.17, 15) is 9.59 Å². The van der Waals surface area contributed by atoms with Crippen molar-refractivity contribution in [2.45, 2.75) is 20.8 Å². The van der Waals surface area contributed by atoms with Gasteiger partial charge in [-0.2, -0.15) is 0 Å². The second kappa shape index (κ2) is 4.88. The van der Waals surface area contributed by atoms with Crippen molar-refractivity contribution in [2.24, 2.45) is 11.8 Å². The van der Waals surface area contributed by atoms with E-state index in [0.29, 0.717) is 5.56 Å². The number of H-pyrrole nitrogens is 1. The lowest BCUT2D eigenvalue weighted by molar-refractivity contribution is -0.142. The van der Waals surface area contributed by atoms with Crippen LogP contribution in [0.3, 0.4) is 0 Å². The van der Waals surface area contributed by atoms with Crippen LogP contribution in [0, 0.1) is 18.8 Å². The van der Waals surface area contributed by atoms with Crippen molar-refractivity contribution in [1.29, 1.82) is 0 Å². The number of carboxylic acids is 1. The molecule has 1 heterocycles. The number of carbonyl (C=O) groups is 2. The van der Waals surface area contributed by atoms with Crippen LogP contribution < -0.4 is 0 Å². The lowest BCUT2D eigenvalue weighted by Crippen LogP contribution is -2.25. The number of aromatic amines is 1. The number of carboxylic acid groups (broad SMARTS) is 1. The summed E-state index contributed by atoms with van der Waals surface area (Å²) in [4.78, 5) is 26.4. The minimum absolute atomic E-state index is 0.134. The largest absolute Gasteiger partial charge is 0.481 e. The predicted octanol–water partition coefficient (Wildman–Crippen LogP) is 3.02. The Balaban J connectivity index is 2.39. The van der Waals surface area contributed by atoms with E-state index in [1.807, 2.05) is 25.1 Å². The van der Waals surface area contributed by atoms with Crippen LogP contribution in [0.2, 0.25) is 0 Å². The molecular formula is C15H17NO3. The molecule has 0 aliphatic heterocycles. The van der Waals surface area contributed by atoms with Crippen LogP contribution in [-0.2, 0) is 4.79 Å². The second-order valence-corrected chi connectivity index (χ2v) is 5.03. The van der Waals surface area contributed by atoms with E-state index in [2.05, 4.69) is 4.98 Å². The maximum Gasteiger partial charge on any atom is 0.306 e. The molecule has 0 bridgehead atoms. The lowest BCUT2D eigenvalue weighted by Gasteiger charge is -2.14. The van der Waals surface area contributed by atoms with Crippen LogP contribution in [0.1, 0.15) is 29.8 Å². The topological polar surface area (TPSA) is 70.2 Å². The van der Waals surface area contributed by atoms with E-state index >= 15 is 0 Å². The molecule has 2 atom stereocenters. The van der Waals surface area contributed by atoms with Crippen molar-refractivity contribution >= 4 is 22.7 Å². The Hall–Kier alpha value is -2.10. The number of hydrogen-bond donors (Lipinski definition) is 2. The summed E-state index contributed by atoms with van der Waals surface area (Å²) < 4.78 is 0. The predicted molar refractivity (Wildman–Crippen MR) is 73.3 cm³/mol. The van der Waals surface area contributed by atoms with Gasteiger partial charge in [-0.05, 0) is 18.6 Å². The van der Waals surface area contributed by atoms with E-state index in [4.69, 9.17) is 5.11 Å². The number of nitrogens with one attached hydrogen (secondary N) is 1. The van der Waals surface area contributed by atoms with Crippen molar-refractivity contribution in [1.82, 2.24) is 4.98 Å². The van der Waals surface area contributed by atoms with Gasteiger partial charge in [0, 0.05) is 28.6 Å². The Morgan fingerprint density at radius 1 is 1.21 bits per heavy atom. The Labute approximate surface area is 111 Å². The highest BCUT2D eigenvalue weighted by Gasteiger charge is 2.27. The summed E-state index contributed by atoms with van der Waals surface area (Å²) in [5.41, 5.74) is 2.58. The first kappa shape index (κ1) is 13.3. The Bertz CT molecular complexity index is 642. The third kappa shape index (κ3) is 2.38. The third-order valence-electron chi connectivity index (χ3n) is 3.66. The number of carbonyl (C=O) groups excluding carboxylic acids is 1. The van der Waals surface area contributed by atoms with Gasteiger partial charge < -0.3 is 10.1 Å². The molecule has 0 saturated heterocycles. The molecule has 0 saturated carbocycles. The zero-order valence-corrected chi connectivity index (χ0v) is 11.2. The standard InChI is InChI=1S/C15H17NO3/c1-8-4-5-11-12(7-16-13(11)6-8)14(17)9(2)10(3)15(18)19/h4-7,9-10,16H,1-3H3,(H,18,19). The summed E-state index contributed by atoms with van der Waals surface area (Å²) in [5.74, 6) is -2.32. The second-order valence-electron chi connectivity index (χ2n) is 5.03. The molecular weight excluding hydrogens is 242 g/mol. The van der Waals surface area contributed by atoms with Gasteiger partial charge in [0.05, 0.1) is 5.92 Å². The normalized spacial score (nSPS) is 14.3. The zero-order chi connectivity index (χ0) is 14.2. The van der Waals surface area contributed by atoms with Gasteiger partial charge >= 0.3 is 5.97 Å². The molecule has 4 nitrogen and oxygen atoms in total. The van der Waals surface area contributed by atoms with Gasteiger partial charge in [-0.1, -0.05) is 26.0 Å². The number of fused-ring (bicyclic) bond motifs is 1. The smallest absolute Gasteiger partial charge is 0.306 e. The number of aliphatic carboxylic acids is 1. The molecule has 19 heavy (non-hydrogen) atoms. The first-order chi connectivity index (χ1) is 8.91. The molecule has 1 aromatic heterocycles. The van der Waals surface area contributed by atoms with E-state index in [-0.39, 0.29) is 5.78 Å². The maximum absolute atomic E-state index is 12.4. The van der Waals surface area contributed by atoms with Crippen LogP contribution in [-0.4, -0.2) is 21.8 Å². The van der Waals surface area contributed by atoms with Gasteiger partial charge in [-0.3, -0.25) is 9.59 Å². The molecule has 2 N–H and O–H groups in total. The number of hydrogen-bond acceptors (Lipinski definition) is 2. The van der Waals surface area contributed by atoms with Crippen LogP contribution >= 0.6 is 0 Å². The van der Waals surface area contributed by atoms with E-state index in [0.717, 1.165) is 16.5 Å². The molecule has 0 radical (unpaired) electrons. The lowest BCUT2D eigenvalue weighted by atomic mass is 9.88. The number of aryl methyl sites for hydroxylation is 1. The average Bonchev–Trinajstić information content (AvgIpc) is 2.78. The molecule has 0 spiro atoms. The minimum Gasteiger partial charge on any atom is -0.481 e. The molecule has 2 unspecified atom stereocenters. The molecule has 100 valence electrons. The number of benzene rings is 1. The van der Waals surface area contributed by atoms with Crippen molar-refractivity contribution in [3.05, 3.63) is 35.5 Å². The van der Waals surface area contributed by atoms with Crippen molar-refractivity contribution in [3.63, 3.8) is 0 Å². The van der Waals surface area contributed by atoms with Crippen LogP contribution in [0.5, 0.6) is 0 Å². The summed E-state index contributed by atoms with van der Waals surface area (Å²) in [6.45, 7) is 5.20. The molecule has 0 amide bonds. The fourth-order valence-corrected chi connectivity index (χ4v) is 2.13. The minimum atomic E-state index is -0.948. The molecule has 1 aromatic carbocycles. The van der Waals surface area contributed by atoms with Gasteiger partial charge in [0.2, 0.25) is 0 Å². The summed E-state index contributed by atoms with van der Waals surface area (Å²) in [6.07, 6.45) is 1.66. The van der Waals surface area contributed by atoms with Gasteiger partial charge in [0.1, 0.15) is 0 Å². The Morgan fingerprint density at radius 3 is 2.53 bits per heavy atom. The number of rotatable bonds is 4. The fourth-order valence-electron chi connectivity index (χ4n) is 2.13. The maximum atomic E-state index is 12.4. The van der Waals surface area contributed by atoms with E-state index in [1.54, 1.807) is 20.0 Å². The summed E-state index contributed by atoms with van der Waals surface area (Å²) in [5, 5.41) is 9.84. The summed E-state index contributed by atoms with van der Waals surface area (Å²) in [6, 6.07) is 5.81. The fraction of sp³-hybridized carbons (Fsp3) is 0.333. The number of aromatic nitrogens is 1. The van der Waals surface area contributed by atoms with Gasteiger partial charge in [0.15, 0.2) is 5.78 Å². The monoisotopic (exact) mass is 259 g/mol. The van der Waals surface area contributed by atoms with Gasteiger partial charge in [0.25, 0.3) is 0 Å².